The summed E-state index contributed by atoms with van der Waals surface area (Å²) in [7, 11) is -3.79. The average molecular weight is 320 g/mol. The van der Waals surface area contributed by atoms with E-state index >= 15 is 0 Å². The van der Waals surface area contributed by atoms with E-state index < -0.39 is 16.0 Å². The quantitative estimate of drug-likeness (QED) is 0.893. The molecule has 20 heavy (non-hydrogen) atoms. The lowest BCUT2D eigenvalue weighted by Crippen LogP contribution is -2.41. The minimum absolute atomic E-state index is 0.000296. The third-order valence-corrected chi connectivity index (χ3v) is 4.98. The van der Waals surface area contributed by atoms with Gasteiger partial charge < -0.3 is 5.11 Å². The number of hydrogen-bond acceptors (Lipinski definition) is 3. The standard InChI is InChI=1S/C13H18ClNO4S/c1-8(13(2,3)4)15-20(18,19)9-5-6-11(14)10(7-9)12(16)17/h5-8,15H,1-4H3,(H,16,17). The van der Waals surface area contributed by atoms with Crippen LogP contribution >= 0.6 is 11.6 Å². The largest absolute Gasteiger partial charge is 0.478 e. The molecule has 0 aliphatic rings. The summed E-state index contributed by atoms with van der Waals surface area (Å²) >= 11 is 5.72. The van der Waals surface area contributed by atoms with Crippen LogP contribution in [0.5, 0.6) is 0 Å². The van der Waals surface area contributed by atoms with E-state index in [1.807, 2.05) is 20.8 Å². The Labute approximate surface area is 124 Å². The van der Waals surface area contributed by atoms with Crippen LogP contribution < -0.4 is 4.72 Å². The number of nitrogens with one attached hydrogen (secondary N) is 1. The average Bonchev–Trinajstić information content (AvgIpc) is 2.26. The van der Waals surface area contributed by atoms with Gasteiger partial charge in [0.1, 0.15) is 0 Å². The zero-order chi connectivity index (χ0) is 15.7. The van der Waals surface area contributed by atoms with Gasteiger partial charge in [0.15, 0.2) is 0 Å². The van der Waals surface area contributed by atoms with Crippen LogP contribution in [0.3, 0.4) is 0 Å². The molecule has 1 aromatic carbocycles. The summed E-state index contributed by atoms with van der Waals surface area (Å²) in [6, 6.07) is 3.30. The number of aromatic carboxylic acids is 1. The Bertz CT molecular complexity index is 620. The fourth-order valence-electron chi connectivity index (χ4n) is 1.31. The Morgan fingerprint density at radius 3 is 2.35 bits per heavy atom. The molecule has 0 saturated carbocycles. The van der Waals surface area contributed by atoms with Crippen molar-refractivity contribution in [3.05, 3.63) is 28.8 Å². The van der Waals surface area contributed by atoms with Crippen LogP contribution in [-0.2, 0) is 10.0 Å². The van der Waals surface area contributed by atoms with Crippen molar-refractivity contribution in [3.63, 3.8) is 0 Å². The maximum Gasteiger partial charge on any atom is 0.337 e. The van der Waals surface area contributed by atoms with E-state index in [0.29, 0.717) is 0 Å². The third-order valence-electron chi connectivity index (χ3n) is 3.11. The van der Waals surface area contributed by atoms with Gasteiger partial charge in [-0.3, -0.25) is 0 Å². The Hall–Kier alpha value is -1.11. The van der Waals surface area contributed by atoms with Crippen molar-refractivity contribution in [2.24, 2.45) is 5.41 Å². The van der Waals surface area contributed by atoms with Crippen LogP contribution in [-0.4, -0.2) is 25.5 Å². The topological polar surface area (TPSA) is 83.5 Å². The molecule has 0 bridgehead atoms. The van der Waals surface area contributed by atoms with Crippen LogP contribution in [0.2, 0.25) is 5.02 Å². The van der Waals surface area contributed by atoms with Gasteiger partial charge in [0.2, 0.25) is 10.0 Å². The first-order valence-corrected chi connectivity index (χ1v) is 7.86. The number of halogens is 1. The second-order valence-corrected chi connectivity index (χ2v) is 7.78. The van der Waals surface area contributed by atoms with Crippen LogP contribution in [0.4, 0.5) is 0 Å². The van der Waals surface area contributed by atoms with Crippen molar-refractivity contribution in [2.45, 2.75) is 38.6 Å². The fourth-order valence-corrected chi connectivity index (χ4v) is 2.99. The molecule has 0 aliphatic carbocycles. The van der Waals surface area contributed by atoms with E-state index in [9.17, 15) is 13.2 Å². The Balaban J connectivity index is 3.17. The summed E-state index contributed by atoms with van der Waals surface area (Å²) in [6.07, 6.45) is 0. The molecule has 5 nitrogen and oxygen atoms in total. The zero-order valence-corrected chi connectivity index (χ0v) is 13.3. The predicted octanol–water partition coefficient (Wildman–Crippen LogP) is 2.75. The molecule has 2 N–H and O–H groups in total. The summed E-state index contributed by atoms with van der Waals surface area (Å²) < 4.78 is 27.0. The number of benzene rings is 1. The first-order valence-electron chi connectivity index (χ1n) is 6.00. The van der Waals surface area contributed by atoms with E-state index in [1.165, 1.54) is 12.1 Å². The first-order chi connectivity index (χ1) is 8.95. The third kappa shape index (κ3) is 3.94. The zero-order valence-electron chi connectivity index (χ0n) is 11.8. The molecule has 0 fully saturated rings. The van der Waals surface area contributed by atoms with E-state index in [2.05, 4.69) is 4.72 Å². The van der Waals surface area contributed by atoms with Gasteiger partial charge in [-0.15, -0.1) is 0 Å². The molecule has 0 amide bonds. The van der Waals surface area contributed by atoms with Gasteiger partial charge in [0, 0.05) is 6.04 Å². The van der Waals surface area contributed by atoms with Crippen LogP contribution in [0.15, 0.2) is 23.1 Å². The van der Waals surface area contributed by atoms with E-state index in [1.54, 1.807) is 6.92 Å². The predicted molar refractivity (Wildman–Crippen MR) is 77.6 cm³/mol. The second-order valence-electron chi connectivity index (χ2n) is 5.66. The number of carbonyl (C=O) groups is 1. The second kappa shape index (κ2) is 5.71. The van der Waals surface area contributed by atoms with Crippen LogP contribution in [0.1, 0.15) is 38.1 Å². The van der Waals surface area contributed by atoms with Gasteiger partial charge in [-0.05, 0) is 30.5 Å². The summed E-state index contributed by atoms with van der Waals surface area (Å²) in [4.78, 5) is 10.9. The summed E-state index contributed by atoms with van der Waals surface area (Å²) in [5.41, 5.74) is -0.493. The summed E-state index contributed by atoms with van der Waals surface area (Å²) in [5, 5.41) is 8.97. The Kier molecular flexibility index (Phi) is 4.84. The lowest BCUT2D eigenvalue weighted by atomic mass is 9.89. The molecule has 1 unspecified atom stereocenters. The highest BCUT2D eigenvalue weighted by Crippen LogP contribution is 2.23. The van der Waals surface area contributed by atoms with Crippen molar-refractivity contribution in [1.29, 1.82) is 0 Å². The van der Waals surface area contributed by atoms with Gasteiger partial charge in [-0.1, -0.05) is 32.4 Å². The van der Waals surface area contributed by atoms with E-state index in [-0.39, 0.29) is 26.9 Å². The molecule has 112 valence electrons. The number of rotatable bonds is 4. The molecule has 0 spiro atoms. The molecule has 1 rings (SSSR count). The molecular formula is C13H18ClNO4S. The van der Waals surface area contributed by atoms with Crippen molar-refractivity contribution in [2.75, 3.05) is 0 Å². The highest BCUT2D eigenvalue weighted by atomic mass is 35.5. The highest BCUT2D eigenvalue weighted by Gasteiger charge is 2.26. The molecule has 7 heteroatoms. The minimum atomic E-state index is -3.79. The number of hydrogen-bond donors (Lipinski definition) is 2. The maximum atomic E-state index is 12.2. The van der Waals surface area contributed by atoms with Gasteiger partial charge in [0.05, 0.1) is 15.5 Å². The fraction of sp³-hybridized carbons (Fsp3) is 0.462. The Morgan fingerprint density at radius 2 is 1.90 bits per heavy atom. The lowest BCUT2D eigenvalue weighted by Gasteiger charge is -2.27. The van der Waals surface area contributed by atoms with Crippen molar-refractivity contribution < 1.29 is 18.3 Å². The van der Waals surface area contributed by atoms with Gasteiger partial charge in [-0.25, -0.2) is 17.9 Å². The SMILES string of the molecule is CC(NS(=O)(=O)c1ccc(Cl)c(C(=O)O)c1)C(C)(C)C. The maximum absolute atomic E-state index is 12.2. The number of sulfonamides is 1. The number of carboxylic acid groups (broad SMARTS) is 1. The summed E-state index contributed by atoms with van der Waals surface area (Å²) in [6.45, 7) is 7.48. The first kappa shape index (κ1) is 16.9. The van der Waals surface area contributed by atoms with Crippen molar-refractivity contribution in [1.82, 2.24) is 4.72 Å². The van der Waals surface area contributed by atoms with Gasteiger partial charge in [-0.2, -0.15) is 0 Å². The molecule has 0 heterocycles. The van der Waals surface area contributed by atoms with Gasteiger partial charge in [0.25, 0.3) is 0 Å². The summed E-state index contributed by atoms with van der Waals surface area (Å²) in [5.74, 6) is -1.27. The molecule has 0 radical (unpaired) electrons. The Morgan fingerprint density at radius 1 is 1.35 bits per heavy atom. The highest BCUT2D eigenvalue weighted by molar-refractivity contribution is 7.89. The molecular weight excluding hydrogens is 302 g/mol. The van der Waals surface area contributed by atoms with Crippen molar-refractivity contribution in [3.8, 4) is 0 Å². The van der Waals surface area contributed by atoms with E-state index in [4.69, 9.17) is 16.7 Å². The lowest BCUT2D eigenvalue weighted by molar-refractivity contribution is 0.0697. The number of carboxylic acids is 1. The molecule has 0 aliphatic heterocycles. The molecule has 0 saturated heterocycles. The smallest absolute Gasteiger partial charge is 0.337 e. The molecule has 0 aromatic heterocycles. The van der Waals surface area contributed by atoms with E-state index in [0.717, 1.165) is 6.07 Å². The normalized spacial score (nSPS) is 14.1. The van der Waals surface area contributed by atoms with Crippen LogP contribution in [0.25, 0.3) is 0 Å². The molecule has 1 aromatic rings. The minimum Gasteiger partial charge on any atom is -0.478 e. The monoisotopic (exact) mass is 319 g/mol. The van der Waals surface area contributed by atoms with Gasteiger partial charge >= 0.3 is 5.97 Å². The van der Waals surface area contributed by atoms with Crippen LogP contribution in [0, 0.1) is 5.41 Å². The van der Waals surface area contributed by atoms with Crippen molar-refractivity contribution >= 4 is 27.6 Å². The molecule has 1 atom stereocenters.